The molecule has 10 nitrogen and oxygen atoms in total. The number of carboxylic acid groups (broad SMARTS) is 2. The van der Waals surface area contributed by atoms with Gasteiger partial charge in [0.15, 0.2) is 0 Å². The Morgan fingerprint density at radius 3 is 2.26 bits per heavy atom. The number of carbonyl (C=O) groups is 2. The van der Waals surface area contributed by atoms with Crippen molar-refractivity contribution in [1.82, 2.24) is 19.7 Å². The number of hydrogen-bond acceptors (Lipinski definition) is 7. The minimum atomic E-state index is -5.08. The molecule has 0 unspecified atom stereocenters. The van der Waals surface area contributed by atoms with Gasteiger partial charge in [-0.1, -0.05) is 6.07 Å². The van der Waals surface area contributed by atoms with Crippen molar-refractivity contribution in [3.05, 3.63) is 48.0 Å². The smallest absolute Gasteiger partial charge is 0.475 e. The van der Waals surface area contributed by atoms with Crippen LogP contribution < -0.4 is 0 Å². The van der Waals surface area contributed by atoms with E-state index in [9.17, 15) is 26.3 Å². The number of fused-ring (bicyclic) bond motifs is 1. The Morgan fingerprint density at radius 2 is 1.76 bits per heavy atom. The minimum absolute atomic E-state index is 0.106. The van der Waals surface area contributed by atoms with E-state index in [1.54, 1.807) is 0 Å². The molecule has 2 aromatic rings. The van der Waals surface area contributed by atoms with Gasteiger partial charge in [0.05, 0.1) is 24.6 Å². The monoisotopic (exact) mass is 556 g/mol. The highest BCUT2D eigenvalue weighted by Crippen LogP contribution is 2.32. The molecule has 0 bridgehead atoms. The first-order valence-corrected chi connectivity index (χ1v) is 11.1. The largest absolute Gasteiger partial charge is 0.490 e. The molecule has 4 heterocycles. The van der Waals surface area contributed by atoms with Crippen molar-refractivity contribution in [2.24, 2.45) is 7.05 Å². The predicted molar refractivity (Wildman–Crippen MR) is 117 cm³/mol. The summed E-state index contributed by atoms with van der Waals surface area (Å²) in [4.78, 5) is 24.6. The van der Waals surface area contributed by atoms with Crippen LogP contribution in [0.25, 0.3) is 0 Å². The van der Waals surface area contributed by atoms with Crippen molar-refractivity contribution < 1.29 is 55.6 Å². The lowest BCUT2D eigenvalue weighted by molar-refractivity contribution is -0.193. The molecule has 3 atom stereocenters. The fraction of sp³-hybridized carbons (Fsp3) is 0.545. The Balaban J connectivity index is 0.000000301. The van der Waals surface area contributed by atoms with Gasteiger partial charge in [-0.2, -0.15) is 31.4 Å². The van der Waals surface area contributed by atoms with Crippen LogP contribution in [-0.4, -0.2) is 85.6 Å². The first kappa shape index (κ1) is 31.0. The quantitative estimate of drug-likeness (QED) is 0.535. The summed E-state index contributed by atoms with van der Waals surface area (Å²) in [6.45, 7) is 3.18. The molecule has 38 heavy (non-hydrogen) atoms. The Bertz CT molecular complexity index is 1010. The number of aliphatic carboxylic acids is 2. The number of halogens is 6. The molecule has 0 aromatic carbocycles. The lowest BCUT2D eigenvalue weighted by Crippen LogP contribution is -2.41. The SMILES string of the molecule is Cn1cc(CN2C[C@@H](OCc3ccccn3)[C@H]3OCCC[C@H]32)cn1.O=C(O)C(F)(F)F.O=C(O)C(F)(F)F. The Labute approximate surface area is 212 Å². The molecule has 0 saturated carbocycles. The van der Waals surface area contributed by atoms with Gasteiger partial charge in [0.2, 0.25) is 0 Å². The molecule has 2 aliphatic heterocycles. The van der Waals surface area contributed by atoms with E-state index in [4.69, 9.17) is 29.3 Å². The summed E-state index contributed by atoms with van der Waals surface area (Å²) < 4.78 is 77.6. The normalized spacial score (nSPS) is 21.4. The maximum absolute atomic E-state index is 10.6. The first-order chi connectivity index (χ1) is 17.7. The summed E-state index contributed by atoms with van der Waals surface area (Å²) >= 11 is 0. The molecule has 0 aliphatic carbocycles. The van der Waals surface area contributed by atoms with Crippen LogP contribution in [0.3, 0.4) is 0 Å². The molecule has 16 heteroatoms. The molecule has 0 radical (unpaired) electrons. The zero-order chi connectivity index (χ0) is 28.5. The topological polar surface area (TPSA) is 127 Å². The highest BCUT2D eigenvalue weighted by molar-refractivity contribution is 5.73. The number of hydrogen-bond donors (Lipinski definition) is 2. The van der Waals surface area contributed by atoms with Gasteiger partial charge in [0.1, 0.15) is 6.10 Å². The number of aromatic nitrogens is 3. The molecule has 2 aliphatic rings. The molecule has 0 amide bonds. The van der Waals surface area contributed by atoms with Gasteiger partial charge in [-0.25, -0.2) is 9.59 Å². The van der Waals surface area contributed by atoms with Crippen molar-refractivity contribution in [3.8, 4) is 0 Å². The molecule has 0 spiro atoms. The van der Waals surface area contributed by atoms with Crippen LogP contribution in [0.2, 0.25) is 0 Å². The zero-order valence-electron chi connectivity index (χ0n) is 20.0. The molecule has 4 rings (SSSR count). The Hall–Kier alpha value is -3.24. The van der Waals surface area contributed by atoms with Crippen molar-refractivity contribution in [3.63, 3.8) is 0 Å². The molecular weight excluding hydrogens is 530 g/mol. The number of alkyl halides is 6. The van der Waals surface area contributed by atoms with Crippen molar-refractivity contribution in [2.45, 2.75) is 56.6 Å². The third-order valence-corrected chi connectivity index (χ3v) is 5.38. The number of aryl methyl sites for hydroxylation is 1. The standard InChI is InChI=1S/C18H24N4O2.2C2HF3O2/c1-21-10-14(9-20-21)11-22-12-17(18-16(22)6-4-8-23-18)24-13-15-5-2-3-7-19-15;2*3-2(4,5)1(6)7/h2-3,5,7,9-10,16-18H,4,6,8,11-13H2,1H3;2*(H,6,7)/t16-,17-,18+;;/m1../s1. The van der Waals surface area contributed by atoms with E-state index in [-0.39, 0.29) is 12.2 Å². The van der Waals surface area contributed by atoms with Gasteiger partial charge < -0.3 is 19.7 Å². The zero-order valence-corrected chi connectivity index (χ0v) is 20.0. The van der Waals surface area contributed by atoms with Crippen molar-refractivity contribution >= 4 is 11.9 Å². The third kappa shape index (κ3) is 9.90. The fourth-order valence-electron chi connectivity index (χ4n) is 3.80. The average Bonchev–Trinajstić information content (AvgIpc) is 3.41. The summed E-state index contributed by atoms with van der Waals surface area (Å²) in [7, 11) is 1.96. The number of rotatable bonds is 5. The van der Waals surface area contributed by atoms with Crippen LogP contribution in [-0.2, 0) is 39.3 Å². The molecule has 2 N–H and O–H groups in total. The fourth-order valence-corrected chi connectivity index (χ4v) is 3.80. The molecule has 2 fully saturated rings. The van der Waals surface area contributed by atoms with Gasteiger partial charge in [-0.05, 0) is 25.0 Å². The number of nitrogens with zero attached hydrogens (tertiary/aromatic N) is 4. The second-order valence-electron chi connectivity index (χ2n) is 8.27. The highest BCUT2D eigenvalue weighted by atomic mass is 19.4. The van der Waals surface area contributed by atoms with E-state index in [2.05, 4.69) is 21.2 Å². The summed E-state index contributed by atoms with van der Waals surface area (Å²) in [5.74, 6) is -5.51. The number of carboxylic acids is 2. The minimum Gasteiger partial charge on any atom is -0.475 e. The van der Waals surface area contributed by atoms with Gasteiger partial charge in [-0.3, -0.25) is 14.6 Å². The van der Waals surface area contributed by atoms with Crippen molar-refractivity contribution in [2.75, 3.05) is 13.2 Å². The van der Waals surface area contributed by atoms with Gasteiger partial charge in [0.25, 0.3) is 0 Å². The van der Waals surface area contributed by atoms with E-state index in [1.165, 1.54) is 12.0 Å². The number of pyridine rings is 1. The van der Waals surface area contributed by atoms with Crippen molar-refractivity contribution in [1.29, 1.82) is 0 Å². The number of likely N-dealkylation sites (tertiary alicyclic amines) is 1. The van der Waals surface area contributed by atoms with E-state index in [0.717, 1.165) is 31.8 Å². The van der Waals surface area contributed by atoms with Crippen LogP contribution in [0.5, 0.6) is 0 Å². The van der Waals surface area contributed by atoms with E-state index in [0.29, 0.717) is 12.6 Å². The maximum atomic E-state index is 10.6. The molecular formula is C22H26F6N4O6. The van der Waals surface area contributed by atoms with E-state index < -0.39 is 24.3 Å². The summed E-state index contributed by atoms with van der Waals surface area (Å²) in [6.07, 6.45) is -1.76. The molecule has 2 saturated heterocycles. The Morgan fingerprint density at radius 1 is 1.13 bits per heavy atom. The first-order valence-electron chi connectivity index (χ1n) is 11.1. The summed E-state index contributed by atoms with van der Waals surface area (Å²) in [5.41, 5.74) is 2.21. The lowest BCUT2D eigenvalue weighted by atomic mass is 10.0. The van der Waals surface area contributed by atoms with E-state index in [1.807, 2.05) is 42.3 Å². The van der Waals surface area contributed by atoms with Crippen LogP contribution >= 0.6 is 0 Å². The van der Waals surface area contributed by atoms with Crippen LogP contribution in [0.1, 0.15) is 24.1 Å². The van der Waals surface area contributed by atoms with Gasteiger partial charge in [-0.15, -0.1) is 0 Å². The Kier molecular flexibility index (Phi) is 11.0. The van der Waals surface area contributed by atoms with Crippen LogP contribution in [0.4, 0.5) is 26.3 Å². The number of ether oxygens (including phenoxy) is 2. The van der Waals surface area contributed by atoms with Gasteiger partial charge >= 0.3 is 24.3 Å². The molecule has 212 valence electrons. The summed E-state index contributed by atoms with van der Waals surface area (Å²) in [5, 5.41) is 18.5. The van der Waals surface area contributed by atoms with Crippen LogP contribution in [0.15, 0.2) is 36.8 Å². The third-order valence-electron chi connectivity index (χ3n) is 5.38. The predicted octanol–water partition coefficient (Wildman–Crippen LogP) is 3.03. The van der Waals surface area contributed by atoms with Crippen LogP contribution in [0, 0.1) is 0 Å². The maximum Gasteiger partial charge on any atom is 0.490 e. The second-order valence-corrected chi connectivity index (χ2v) is 8.27. The lowest BCUT2D eigenvalue weighted by Gasteiger charge is -2.32. The molecule has 2 aromatic heterocycles. The summed E-state index contributed by atoms with van der Waals surface area (Å²) in [6, 6.07) is 6.36. The van der Waals surface area contributed by atoms with Gasteiger partial charge in [0, 0.05) is 50.7 Å². The second kappa shape index (κ2) is 13.5. The highest BCUT2D eigenvalue weighted by Gasteiger charge is 2.44. The van der Waals surface area contributed by atoms with E-state index >= 15 is 0 Å². The average molecular weight is 556 g/mol.